The molecular formula is C8H16N4O2S2. The summed E-state index contributed by atoms with van der Waals surface area (Å²) in [6.07, 6.45) is 1.23. The highest BCUT2D eigenvalue weighted by Gasteiger charge is 2.09. The van der Waals surface area contributed by atoms with E-state index in [0.717, 1.165) is 11.0 Å². The summed E-state index contributed by atoms with van der Waals surface area (Å²) in [5.41, 5.74) is 0. The molecule has 1 aromatic rings. The largest absolute Gasteiger partial charge is 0.313 e. The van der Waals surface area contributed by atoms with Gasteiger partial charge in [-0.05, 0) is 7.05 Å². The minimum atomic E-state index is -2.90. The van der Waals surface area contributed by atoms with Crippen LogP contribution in [0.25, 0.3) is 0 Å². The molecule has 6 nitrogen and oxygen atoms in total. The van der Waals surface area contributed by atoms with Gasteiger partial charge in [0.15, 0.2) is 5.16 Å². The Labute approximate surface area is 99.7 Å². The first-order valence-electron chi connectivity index (χ1n) is 4.77. The Bertz CT molecular complexity index is 441. The average molecular weight is 264 g/mol. The van der Waals surface area contributed by atoms with Crippen LogP contribution in [0.1, 0.15) is 5.82 Å². The van der Waals surface area contributed by atoms with Crippen molar-refractivity contribution in [2.24, 2.45) is 7.05 Å². The van der Waals surface area contributed by atoms with Gasteiger partial charge in [0.05, 0.1) is 12.3 Å². The van der Waals surface area contributed by atoms with Crippen LogP contribution in [-0.2, 0) is 23.4 Å². The molecule has 0 saturated carbocycles. The third kappa shape index (κ3) is 4.11. The summed E-state index contributed by atoms with van der Waals surface area (Å²) in [5, 5.41) is 11.7. The molecule has 0 fully saturated rings. The van der Waals surface area contributed by atoms with Gasteiger partial charge in [0.25, 0.3) is 0 Å². The summed E-state index contributed by atoms with van der Waals surface area (Å²) in [5.74, 6) is 1.50. The molecule has 0 atom stereocenters. The summed E-state index contributed by atoms with van der Waals surface area (Å²) in [6, 6.07) is 0. The highest BCUT2D eigenvalue weighted by atomic mass is 32.2. The highest BCUT2D eigenvalue weighted by Crippen LogP contribution is 2.15. The number of aromatic nitrogens is 3. The number of hydrogen-bond donors (Lipinski definition) is 1. The molecule has 0 spiro atoms. The van der Waals surface area contributed by atoms with Crippen molar-refractivity contribution in [3.05, 3.63) is 5.82 Å². The number of nitrogens with one attached hydrogen (secondary N) is 1. The second kappa shape index (κ2) is 5.65. The number of thioether (sulfide) groups is 1. The smallest absolute Gasteiger partial charge is 0.191 e. The molecule has 0 radical (unpaired) electrons. The quantitative estimate of drug-likeness (QED) is 0.709. The number of nitrogens with zero attached hydrogens (tertiary/aromatic N) is 3. The van der Waals surface area contributed by atoms with Gasteiger partial charge >= 0.3 is 0 Å². The Kier molecular flexibility index (Phi) is 4.75. The van der Waals surface area contributed by atoms with E-state index >= 15 is 0 Å². The van der Waals surface area contributed by atoms with Gasteiger partial charge in [-0.25, -0.2) is 8.42 Å². The van der Waals surface area contributed by atoms with Crippen molar-refractivity contribution in [2.45, 2.75) is 11.7 Å². The second-order valence-electron chi connectivity index (χ2n) is 3.47. The van der Waals surface area contributed by atoms with Crippen molar-refractivity contribution in [3.8, 4) is 0 Å². The topological polar surface area (TPSA) is 76.9 Å². The lowest BCUT2D eigenvalue weighted by atomic mass is 10.6. The number of hydrogen-bond acceptors (Lipinski definition) is 6. The van der Waals surface area contributed by atoms with E-state index in [1.165, 1.54) is 18.0 Å². The fourth-order valence-corrected chi connectivity index (χ4v) is 3.19. The number of rotatable bonds is 6. The zero-order valence-electron chi connectivity index (χ0n) is 9.60. The highest BCUT2D eigenvalue weighted by molar-refractivity contribution is 8.00. The van der Waals surface area contributed by atoms with E-state index < -0.39 is 9.84 Å². The van der Waals surface area contributed by atoms with Gasteiger partial charge in [-0.1, -0.05) is 11.8 Å². The Morgan fingerprint density at radius 3 is 2.69 bits per heavy atom. The zero-order chi connectivity index (χ0) is 12.2. The van der Waals surface area contributed by atoms with Gasteiger partial charge in [-0.15, -0.1) is 10.2 Å². The maximum atomic E-state index is 10.9. The molecule has 0 saturated heterocycles. The summed E-state index contributed by atoms with van der Waals surface area (Å²) in [7, 11) is 0.808. The lowest BCUT2D eigenvalue weighted by molar-refractivity contribution is 0.603. The van der Waals surface area contributed by atoms with E-state index in [-0.39, 0.29) is 5.75 Å². The molecule has 16 heavy (non-hydrogen) atoms. The first-order chi connectivity index (χ1) is 7.44. The van der Waals surface area contributed by atoms with Crippen LogP contribution in [0.3, 0.4) is 0 Å². The van der Waals surface area contributed by atoms with Crippen molar-refractivity contribution in [3.63, 3.8) is 0 Å². The van der Waals surface area contributed by atoms with Gasteiger partial charge in [0.1, 0.15) is 15.7 Å². The second-order valence-corrected chi connectivity index (χ2v) is 6.79. The van der Waals surface area contributed by atoms with E-state index in [2.05, 4.69) is 15.5 Å². The molecule has 0 amide bonds. The van der Waals surface area contributed by atoms with Crippen molar-refractivity contribution >= 4 is 21.6 Å². The summed E-state index contributed by atoms with van der Waals surface area (Å²) >= 11 is 1.40. The predicted molar refractivity (Wildman–Crippen MR) is 64.2 cm³/mol. The Hall–Kier alpha value is -0.600. The Balaban J connectivity index is 2.55. The lowest BCUT2D eigenvalue weighted by Crippen LogP contribution is -2.11. The maximum absolute atomic E-state index is 10.9. The molecule has 1 N–H and O–H groups in total. The monoisotopic (exact) mass is 264 g/mol. The van der Waals surface area contributed by atoms with Crippen LogP contribution in [0.5, 0.6) is 0 Å². The molecule has 0 aromatic carbocycles. The van der Waals surface area contributed by atoms with E-state index in [1.54, 1.807) is 0 Å². The molecule has 1 heterocycles. The van der Waals surface area contributed by atoms with E-state index in [1.807, 2.05) is 18.7 Å². The van der Waals surface area contributed by atoms with Gasteiger partial charge in [-0.3, -0.25) is 0 Å². The van der Waals surface area contributed by atoms with Crippen molar-refractivity contribution in [1.29, 1.82) is 0 Å². The molecule has 92 valence electrons. The predicted octanol–water partition coefficient (Wildman–Crippen LogP) is -0.329. The third-order valence-corrected chi connectivity index (χ3v) is 4.17. The molecule has 0 unspecified atom stereocenters. The molecule has 0 bridgehead atoms. The molecule has 0 aliphatic heterocycles. The number of sulfone groups is 1. The van der Waals surface area contributed by atoms with E-state index in [0.29, 0.717) is 12.3 Å². The van der Waals surface area contributed by atoms with Gasteiger partial charge in [-0.2, -0.15) is 0 Å². The summed E-state index contributed by atoms with van der Waals surface area (Å²) < 4.78 is 23.8. The fraction of sp³-hybridized carbons (Fsp3) is 0.750. The molecular weight excluding hydrogens is 248 g/mol. The van der Waals surface area contributed by atoms with Crippen LogP contribution in [0.2, 0.25) is 0 Å². The fourth-order valence-electron chi connectivity index (χ4n) is 1.07. The van der Waals surface area contributed by atoms with Crippen LogP contribution >= 0.6 is 11.8 Å². The summed E-state index contributed by atoms with van der Waals surface area (Å²) in [4.78, 5) is 0. The van der Waals surface area contributed by atoms with Gasteiger partial charge in [0.2, 0.25) is 0 Å². The van der Waals surface area contributed by atoms with Crippen LogP contribution in [0.15, 0.2) is 5.16 Å². The van der Waals surface area contributed by atoms with Crippen LogP contribution in [0, 0.1) is 0 Å². The molecule has 8 heteroatoms. The molecule has 0 aliphatic rings. The normalized spacial score (nSPS) is 11.9. The molecule has 1 aromatic heterocycles. The first kappa shape index (κ1) is 13.5. The minimum absolute atomic E-state index is 0.159. The maximum Gasteiger partial charge on any atom is 0.191 e. The minimum Gasteiger partial charge on any atom is -0.313 e. The lowest BCUT2D eigenvalue weighted by Gasteiger charge is -2.02. The van der Waals surface area contributed by atoms with E-state index in [4.69, 9.17) is 0 Å². The zero-order valence-corrected chi connectivity index (χ0v) is 11.2. The van der Waals surface area contributed by atoms with Crippen LogP contribution in [-0.4, -0.2) is 48.0 Å². The first-order valence-corrected chi connectivity index (χ1v) is 7.82. The molecule has 0 aliphatic carbocycles. The van der Waals surface area contributed by atoms with Crippen LogP contribution < -0.4 is 5.32 Å². The van der Waals surface area contributed by atoms with Crippen molar-refractivity contribution in [2.75, 3.05) is 24.8 Å². The standard InChI is InChI=1S/C8H16N4O2S2/c1-9-6-7-10-11-8(12(7)2)15-4-5-16(3,13)14/h9H,4-6H2,1-3H3. The third-order valence-electron chi connectivity index (χ3n) is 1.95. The van der Waals surface area contributed by atoms with Crippen molar-refractivity contribution in [1.82, 2.24) is 20.1 Å². The summed E-state index contributed by atoms with van der Waals surface area (Å²) in [6.45, 7) is 0.649. The van der Waals surface area contributed by atoms with Crippen LogP contribution in [0.4, 0.5) is 0 Å². The van der Waals surface area contributed by atoms with Crippen molar-refractivity contribution < 1.29 is 8.42 Å². The van der Waals surface area contributed by atoms with E-state index in [9.17, 15) is 8.42 Å². The Morgan fingerprint density at radius 1 is 1.44 bits per heavy atom. The Morgan fingerprint density at radius 2 is 2.12 bits per heavy atom. The van der Waals surface area contributed by atoms with Gasteiger partial charge in [0, 0.05) is 19.1 Å². The molecule has 1 rings (SSSR count). The SMILES string of the molecule is CNCc1nnc(SCCS(C)(=O)=O)n1C. The average Bonchev–Trinajstić information content (AvgIpc) is 2.48. The van der Waals surface area contributed by atoms with Gasteiger partial charge < -0.3 is 9.88 Å².